The van der Waals surface area contributed by atoms with Crippen LogP contribution in [-0.2, 0) is 16.9 Å². The monoisotopic (exact) mass is 433 g/mol. The summed E-state index contributed by atoms with van der Waals surface area (Å²) in [5.41, 5.74) is -0.223. The van der Waals surface area contributed by atoms with Crippen molar-refractivity contribution in [3.8, 4) is 10.8 Å². The lowest BCUT2D eigenvalue weighted by molar-refractivity contribution is -0.131. The molecule has 1 aliphatic rings. The van der Waals surface area contributed by atoms with Crippen LogP contribution < -0.4 is 5.32 Å². The first-order chi connectivity index (χ1) is 13.4. The van der Waals surface area contributed by atoms with Crippen LogP contribution >= 0.6 is 34.5 Å². The fraction of sp³-hybridized carbons (Fsp3) is 0.167. The first-order valence-corrected chi connectivity index (χ1v) is 9.83. The molecule has 10 heteroatoms. The molecule has 1 N–H and O–H groups in total. The number of benzene rings is 1. The Morgan fingerprint density at radius 1 is 1.21 bits per heavy atom. The zero-order valence-corrected chi connectivity index (χ0v) is 16.8. The van der Waals surface area contributed by atoms with Gasteiger partial charge >= 0.3 is 6.03 Å². The van der Waals surface area contributed by atoms with E-state index < -0.39 is 17.5 Å². The minimum atomic E-state index is -1.28. The van der Waals surface area contributed by atoms with Gasteiger partial charge in [-0.2, -0.15) is 0 Å². The van der Waals surface area contributed by atoms with Gasteiger partial charge in [-0.3, -0.25) is 9.69 Å². The maximum absolute atomic E-state index is 13.1. The van der Waals surface area contributed by atoms with Gasteiger partial charge in [0.25, 0.3) is 5.91 Å². The molecule has 3 amide bonds. The van der Waals surface area contributed by atoms with Crippen molar-refractivity contribution in [2.24, 2.45) is 0 Å². The Bertz CT molecular complexity index is 1070. The highest BCUT2D eigenvalue weighted by Crippen LogP contribution is 2.35. The molecule has 4 rings (SSSR count). The minimum Gasteiger partial charge on any atom is -0.319 e. The van der Waals surface area contributed by atoms with Crippen LogP contribution in [0, 0.1) is 0 Å². The first kappa shape index (κ1) is 18.8. The van der Waals surface area contributed by atoms with Crippen molar-refractivity contribution in [3.63, 3.8) is 0 Å². The standard InChI is InChI=1S/C18H13Cl2N5O2S/c1-18(12-4-3-10(19)7-13(12)20)16(26)25(17(27)24-18)8-11-9-28-15(23-11)14-21-5-2-6-22-14/h2-7,9H,8H2,1H3,(H,24,27). The molecule has 0 saturated carbocycles. The van der Waals surface area contributed by atoms with Crippen molar-refractivity contribution in [2.75, 3.05) is 0 Å². The van der Waals surface area contributed by atoms with Crippen molar-refractivity contribution < 1.29 is 9.59 Å². The lowest BCUT2D eigenvalue weighted by Crippen LogP contribution is -2.41. The minimum absolute atomic E-state index is 0.0365. The van der Waals surface area contributed by atoms with Crippen LogP contribution in [0.2, 0.25) is 10.0 Å². The van der Waals surface area contributed by atoms with E-state index in [1.807, 2.05) is 0 Å². The molecule has 1 fully saturated rings. The average Bonchev–Trinajstić information content (AvgIpc) is 3.22. The smallest absolute Gasteiger partial charge is 0.319 e. The summed E-state index contributed by atoms with van der Waals surface area (Å²) in [5, 5.41) is 5.87. The number of nitrogens with one attached hydrogen (secondary N) is 1. The number of amides is 3. The molecule has 2 aromatic heterocycles. The highest BCUT2D eigenvalue weighted by atomic mass is 35.5. The van der Waals surface area contributed by atoms with E-state index >= 15 is 0 Å². The normalized spacial score (nSPS) is 19.2. The van der Waals surface area contributed by atoms with E-state index in [0.29, 0.717) is 32.1 Å². The van der Waals surface area contributed by atoms with E-state index in [0.717, 1.165) is 4.90 Å². The van der Waals surface area contributed by atoms with Crippen molar-refractivity contribution in [1.82, 2.24) is 25.2 Å². The number of nitrogens with zero attached hydrogens (tertiary/aromatic N) is 4. The number of imide groups is 1. The second kappa shape index (κ2) is 7.12. The van der Waals surface area contributed by atoms with Crippen LogP contribution in [0.5, 0.6) is 0 Å². The highest BCUT2D eigenvalue weighted by Gasteiger charge is 2.50. The second-order valence-corrected chi connectivity index (χ2v) is 7.99. The summed E-state index contributed by atoms with van der Waals surface area (Å²) in [4.78, 5) is 39.4. The molecule has 1 unspecified atom stereocenters. The molecular weight excluding hydrogens is 421 g/mol. The maximum Gasteiger partial charge on any atom is 0.325 e. The maximum atomic E-state index is 13.1. The van der Waals surface area contributed by atoms with Crippen molar-refractivity contribution in [2.45, 2.75) is 19.0 Å². The van der Waals surface area contributed by atoms with Gasteiger partial charge in [-0.1, -0.05) is 29.3 Å². The van der Waals surface area contributed by atoms with E-state index in [9.17, 15) is 9.59 Å². The van der Waals surface area contributed by atoms with E-state index in [-0.39, 0.29) is 6.54 Å². The summed E-state index contributed by atoms with van der Waals surface area (Å²) < 4.78 is 0. The molecule has 0 spiro atoms. The van der Waals surface area contributed by atoms with Gasteiger partial charge < -0.3 is 5.32 Å². The van der Waals surface area contributed by atoms with Crippen LogP contribution in [0.25, 0.3) is 10.8 Å². The van der Waals surface area contributed by atoms with Gasteiger partial charge in [0.15, 0.2) is 10.8 Å². The fourth-order valence-electron chi connectivity index (χ4n) is 2.97. The number of carbonyl (C=O) groups excluding carboxylic acids is 2. The van der Waals surface area contributed by atoms with Crippen LogP contribution in [0.1, 0.15) is 18.2 Å². The molecule has 0 bridgehead atoms. The fourth-order valence-corrected chi connectivity index (χ4v) is 4.33. The van der Waals surface area contributed by atoms with E-state index in [1.165, 1.54) is 11.3 Å². The SMILES string of the molecule is CC1(c2ccc(Cl)cc2Cl)NC(=O)N(Cc2csc(-c3ncccn3)n2)C1=O. The van der Waals surface area contributed by atoms with Crippen molar-refractivity contribution in [3.05, 3.63) is 63.3 Å². The molecule has 0 radical (unpaired) electrons. The summed E-state index contributed by atoms with van der Waals surface area (Å²) in [5.74, 6) is 0.0842. The predicted molar refractivity (Wildman–Crippen MR) is 106 cm³/mol. The average molecular weight is 434 g/mol. The molecule has 3 heterocycles. The van der Waals surface area contributed by atoms with E-state index in [4.69, 9.17) is 23.2 Å². The zero-order chi connectivity index (χ0) is 19.9. The molecule has 1 aliphatic heterocycles. The van der Waals surface area contributed by atoms with Crippen LogP contribution in [-0.4, -0.2) is 31.8 Å². The number of urea groups is 1. The summed E-state index contributed by atoms with van der Waals surface area (Å²) in [6.07, 6.45) is 3.25. The Balaban J connectivity index is 1.59. The number of thiazole rings is 1. The Morgan fingerprint density at radius 2 is 1.96 bits per heavy atom. The Morgan fingerprint density at radius 3 is 2.68 bits per heavy atom. The van der Waals surface area contributed by atoms with Crippen LogP contribution in [0.15, 0.2) is 42.0 Å². The number of rotatable bonds is 4. The van der Waals surface area contributed by atoms with Gasteiger partial charge in [0.2, 0.25) is 0 Å². The molecule has 1 saturated heterocycles. The number of halogens is 2. The first-order valence-electron chi connectivity index (χ1n) is 8.20. The lowest BCUT2D eigenvalue weighted by Gasteiger charge is -2.23. The van der Waals surface area contributed by atoms with Crippen LogP contribution in [0.3, 0.4) is 0 Å². The van der Waals surface area contributed by atoms with Crippen LogP contribution in [0.4, 0.5) is 4.79 Å². The topological polar surface area (TPSA) is 88.1 Å². The third-order valence-electron chi connectivity index (χ3n) is 4.37. The summed E-state index contributed by atoms with van der Waals surface area (Å²) in [6, 6.07) is 6.01. The highest BCUT2D eigenvalue weighted by molar-refractivity contribution is 7.13. The van der Waals surface area contributed by atoms with Gasteiger partial charge in [0.05, 0.1) is 12.2 Å². The van der Waals surface area contributed by atoms with Crippen molar-refractivity contribution >= 4 is 46.5 Å². The molecule has 1 atom stereocenters. The van der Waals surface area contributed by atoms with Gasteiger partial charge in [-0.15, -0.1) is 11.3 Å². The Labute approximate surface area is 174 Å². The van der Waals surface area contributed by atoms with Crippen molar-refractivity contribution in [1.29, 1.82) is 0 Å². The Hall–Kier alpha value is -2.55. The number of aromatic nitrogens is 3. The molecule has 3 aromatic rings. The second-order valence-electron chi connectivity index (χ2n) is 6.29. The quantitative estimate of drug-likeness (QED) is 0.630. The number of hydrogen-bond donors (Lipinski definition) is 1. The lowest BCUT2D eigenvalue weighted by atomic mass is 9.92. The van der Waals surface area contributed by atoms with E-state index in [1.54, 1.807) is 49.0 Å². The predicted octanol–water partition coefficient (Wildman–Crippen LogP) is 3.87. The third-order valence-corrected chi connectivity index (χ3v) is 5.81. The number of hydrogen-bond acceptors (Lipinski definition) is 6. The Kier molecular flexibility index (Phi) is 4.78. The summed E-state index contributed by atoms with van der Waals surface area (Å²) in [6.45, 7) is 1.65. The summed E-state index contributed by atoms with van der Waals surface area (Å²) in [7, 11) is 0. The molecule has 1 aromatic carbocycles. The summed E-state index contributed by atoms with van der Waals surface area (Å²) >= 11 is 13.5. The van der Waals surface area contributed by atoms with Gasteiger partial charge in [-0.05, 0) is 25.1 Å². The molecule has 7 nitrogen and oxygen atoms in total. The third kappa shape index (κ3) is 3.23. The van der Waals surface area contributed by atoms with Gasteiger partial charge in [-0.25, -0.2) is 19.7 Å². The molecule has 0 aliphatic carbocycles. The zero-order valence-electron chi connectivity index (χ0n) is 14.5. The van der Waals surface area contributed by atoms with Gasteiger partial charge in [0, 0.05) is 33.4 Å². The van der Waals surface area contributed by atoms with E-state index in [2.05, 4.69) is 20.3 Å². The number of carbonyl (C=O) groups is 2. The molecule has 28 heavy (non-hydrogen) atoms. The van der Waals surface area contributed by atoms with Gasteiger partial charge in [0.1, 0.15) is 5.54 Å². The molecular formula is C18H13Cl2N5O2S. The largest absolute Gasteiger partial charge is 0.325 e. The molecule has 142 valence electrons.